The number of rotatable bonds is 5. The van der Waals surface area contributed by atoms with E-state index in [2.05, 4.69) is 0 Å². The Hall–Kier alpha value is -1.25. The minimum atomic E-state index is -0.817. The smallest absolute Gasteiger partial charge is 0.159 e. The molecule has 0 unspecified atom stereocenters. The third-order valence-electron chi connectivity index (χ3n) is 2.23. The van der Waals surface area contributed by atoms with Gasteiger partial charge in [-0.2, -0.15) is 0 Å². The molecule has 0 bridgehead atoms. The molecule has 0 aromatic heterocycles. The lowest BCUT2D eigenvalue weighted by atomic mass is 10.1. The standard InChI is InChI=1S/C12H14F2O/c1-9(15)4-2-3-5-10-6-7-11(13)12(14)8-10/h6-8H,2-5H2,1H3. The number of Topliss-reactive ketones (excluding diaryl/α,β-unsaturated/α-hetero) is 1. The molecular weight excluding hydrogens is 198 g/mol. The van der Waals surface area contributed by atoms with Gasteiger partial charge in [0.05, 0.1) is 0 Å². The van der Waals surface area contributed by atoms with E-state index in [4.69, 9.17) is 0 Å². The number of carbonyl (C=O) groups excluding carboxylic acids is 1. The van der Waals surface area contributed by atoms with Crippen LogP contribution in [0.1, 0.15) is 31.7 Å². The first-order valence-corrected chi connectivity index (χ1v) is 5.03. The van der Waals surface area contributed by atoms with Gasteiger partial charge in [0.1, 0.15) is 5.78 Å². The first kappa shape index (κ1) is 11.8. The van der Waals surface area contributed by atoms with Gasteiger partial charge in [-0.15, -0.1) is 0 Å². The van der Waals surface area contributed by atoms with Crippen LogP contribution in [0.15, 0.2) is 18.2 Å². The van der Waals surface area contributed by atoms with Gasteiger partial charge in [0.2, 0.25) is 0 Å². The van der Waals surface area contributed by atoms with E-state index in [0.29, 0.717) is 12.8 Å². The fraction of sp³-hybridized carbons (Fsp3) is 0.417. The van der Waals surface area contributed by atoms with Crippen LogP contribution in [0.5, 0.6) is 0 Å². The Balaban J connectivity index is 2.38. The molecule has 0 aliphatic heterocycles. The van der Waals surface area contributed by atoms with Crippen molar-refractivity contribution < 1.29 is 13.6 Å². The zero-order chi connectivity index (χ0) is 11.3. The van der Waals surface area contributed by atoms with E-state index in [0.717, 1.165) is 24.5 Å². The predicted molar refractivity (Wildman–Crippen MR) is 54.6 cm³/mol. The second-order valence-electron chi connectivity index (χ2n) is 3.66. The molecule has 0 atom stereocenters. The van der Waals surface area contributed by atoms with E-state index in [1.807, 2.05) is 0 Å². The molecule has 0 aliphatic rings. The van der Waals surface area contributed by atoms with E-state index >= 15 is 0 Å². The van der Waals surface area contributed by atoms with Crippen molar-refractivity contribution in [2.45, 2.75) is 32.6 Å². The molecule has 1 nitrogen and oxygen atoms in total. The summed E-state index contributed by atoms with van der Waals surface area (Å²) in [6.45, 7) is 1.55. The van der Waals surface area contributed by atoms with Crippen molar-refractivity contribution in [3.05, 3.63) is 35.4 Å². The Morgan fingerprint density at radius 2 is 1.93 bits per heavy atom. The molecule has 0 saturated heterocycles. The Kier molecular flexibility index (Phi) is 4.40. The Labute approximate surface area is 88.1 Å². The van der Waals surface area contributed by atoms with Gasteiger partial charge in [-0.1, -0.05) is 6.07 Å². The van der Waals surface area contributed by atoms with Crippen LogP contribution in [-0.4, -0.2) is 5.78 Å². The van der Waals surface area contributed by atoms with Crippen LogP contribution in [0.4, 0.5) is 8.78 Å². The summed E-state index contributed by atoms with van der Waals surface area (Å²) in [4.78, 5) is 10.6. The highest BCUT2D eigenvalue weighted by molar-refractivity contribution is 5.75. The quantitative estimate of drug-likeness (QED) is 0.684. The van der Waals surface area contributed by atoms with Gasteiger partial charge in [-0.3, -0.25) is 0 Å². The summed E-state index contributed by atoms with van der Waals surface area (Å²) in [5, 5.41) is 0. The van der Waals surface area contributed by atoms with Gasteiger partial charge < -0.3 is 4.79 Å². The minimum Gasteiger partial charge on any atom is -0.300 e. The molecule has 0 spiro atoms. The Morgan fingerprint density at radius 3 is 2.53 bits per heavy atom. The number of hydrogen-bond donors (Lipinski definition) is 0. The fourth-order valence-electron chi connectivity index (χ4n) is 1.40. The van der Waals surface area contributed by atoms with Crippen LogP contribution in [0.25, 0.3) is 0 Å². The molecule has 1 aromatic rings. The number of halogens is 2. The lowest BCUT2D eigenvalue weighted by Gasteiger charge is -2.01. The number of unbranched alkanes of at least 4 members (excludes halogenated alkanes) is 1. The van der Waals surface area contributed by atoms with E-state index in [1.165, 1.54) is 6.07 Å². The molecular formula is C12H14F2O. The van der Waals surface area contributed by atoms with E-state index < -0.39 is 11.6 Å². The van der Waals surface area contributed by atoms with Gasteiger partial charge in [-0.05, 0) is 43.9 Å². The highest BCUT2D eigenvalue weighted by Gasteiger charge is 2.02. The van der Waals surface area contributed by atoms with Crippen molar-refractivity contribution in [2.75, 3.05) is 0 Å². The average Bonchev–Trinajstić information content (AvgIpc) is 2.18. The highest BCUT2D eigenvalue weighted by atomic mass is 19.2. The summed E-state index contributed by atoms with van der Waals surface area (Å²) in [7, 11) is 0. The van der Waals surface area contributed by atoms with Crippen LogP contribution in [0.2, 0.25) is 0 Å². The molecule has 3 heteroatoms. The van der Waals surface area contributed by atoms with Gasteiger partial charge in [0.15, 0.2) is 11.6 Å². The van der Waals surface area contributed by atoms with Crippen molar-refractivity contribution in [1.29, 1.82) is 0 Å². The maximum atomic E-state index is 12.8. The normalized spacial score (nSPS) is 10.3. The SMILES string of the molecule is CC(=O)CCCCc1ccc(F)c(F)c1. The van der Waals surface area contributed by atoms with Crippen LogP contribution < -0.4 is 0 Å². The molecule has 0 radical (unpaired) electrons. The third kappa shape index (κ3) is 4.19. The second kappa shape index (κ2) is 5.59. The summed E-state index contributed by atoms with van der Waals surface area (Å²) in [6, 6.07) is 3.92. The maximum absolute atomic E-state index is 12.8. The lowest BCUT2D eigenvalue weighted by molar-refractivity contribution is -0.117. The summed E-state index contributed by atoms with van der Waals surface area (Å²) in [5.74, 6) is -1.46. The minimum absolute atomic E-state index is 0.167. The van der Waals surface area contributed by atoms with E-state index in [9.17, 15) is 13.6 Å². The lowest BCUT2D eigenvalue weighted by Crippen LogP contribution is -1.93. The molecule has 0 fully saturated rings. The Bertz CT molecular complexity index is 347. The fourth-order valence-corrected chi connectivity index (χ4v) is 1.40. The van der Waals surface area contributed by atoms with E-state index in [1.54, 1.807) is 13.0 Å². The van der Waals surface area contributed by atoms with Gasteiger partial charge >= 0.3 is 0 Å². The monoisotopic (exact) mass is 212 g/mol. The number of carbonyl (C=O) groups is 1. The van der Waals surface area contributed by atoms with Crippen molar-refractivity contribution in [2.24, 2.45) is 0 Å². The van der Waals surface area contributed by atoms with Crippen LogP contribution in [0, 0.1) is 11.6 Å². The zero-order valence-corrected chi connectivity index (χ0v) is 8.72. The van der Waals surface area contributed by atoms with Crippen molar-refractivity contribution in [3.8, 4) is 0 Å². The first-order valence-electron chi connectivity index (χ1n) is 5.03. The predicted octanol–water partition coefficient (Wildman–Crippen LogP) is 3.27. The zero-order valence-electron chi connectivity index (χ0n) is 8.72. The molecule has 0 N–H and O–H groups in total. The van der Waals surface area contributed by atoms with Gasteiger partial charge in [0.25, 0.3) is 0 Å². The molecule has 1 aromatic carbocycles. The van der Waals surface area contributed by atoms with Crippen molar-refractivity contribution in [3.63, 3.8) is 0 Å². The van der Waals surface area contributed by atoms with Crippen LogP contribution in [-0.2, 0) is 11.2 Å². The van der Waals surface area contributed by atoms with Crippen LogP contribution in [0.3, 0.4) is 0 Å². The number of ketones is 1. The van der Waals surface area contributed by atoms with Gasteiger partial charge in [0, 0.05) is 6.42 Å². The third-order valence-corrected chi connectivity index (χ3v) is 2.23. The molecule has 0 amide bonds. The maximum Gasteiger partial charge on any atom is 0.159 e. The van der Waals surface area contributed by atoms with Crippen molar-refractivity contribution in [1.82, 2.24) is 0 Å². The largest absolute Gasteiger partial charge is 0.300 e. The summed E-state index contributed by atoms with van der Waals surface area (Å²) < 4.78 is 25.4. The number of benzene rings is 1. The summed E-state index contributed by atoms with van der Waals surface area (Å²) >= 11 is 0. The van der Waals surface area contributed by atoms with E-state index in [-0.39, 0.29) is 5.78 Å². The van der Waals surface area contributed by atoms with Crippen molar-refractivity contribution >= 4 is 5.78 Å². The molecule has 0 saturated carbocycles. The summed E-state index contributed by atoms with van der Waals surface area (Å²) in [6.07, 6.45) is 2.87. The first-order chi connectivity index (χ1) is 7.09. The molecule has 1 rings (SSSR count). The summed E-state index contributed by atoms with van der Waals surface area (Å²) in [5.41, 5.74) is 0.775. The Morgan fingerprint density at radius 1 is 1.20 bits per heavy atom. The number of hydrogen-bond acceptors (Lipinski definition) is 1. The van der Waals surface area contributed by atoms with Gasteiger partial charge in [-0.25, -0.2) is 8.78 Å². The molecule has 0 aliphatic carbocycles. The average molecular weight is 212 g/mol. The number of aryl methyl sites for hydroxylation is 1. The molecule has 82 valence electrons. The highest BCUT2D eigenvalue weighted by Crippen LogP contribution is 2.11. The topological polar surface area (TPSA) is 17.1 Å². The molecule has 0 heterocycles. The molecule has 15 heavy (non-hydrogen) atoms. The van der Waals surface area contributed by atoms with Crippen LogP contribution >= 0.6 is 0 Å². The second-order valence-corrected chi connectivity index (χ2v) is 3.66.